The van der Waals surface area contributed by atoms with Crippen LogP contribution in [0.2, 0.25) is 0 Å². The lowest BCUT2D eigenvalue weighted by Gasteiger charge is -2.24. The number of anilines is 2. The highest BCUT2D eigenvalue weighted by molar-refractivity contribution is 5.58. The van der Waals surface area contributed by atoms with Gasteiger partial charge in [0.2, 0.25) is 0 Å². The highest BCUT2D eigenvalue weighted by Gasteiger charge is 2.31. The molecule has 1 aliphatic rings. The third kappa shape index (κ3) is 3.15. The van der Waals surface area contributed by atoms with Crippen molar-refractivity contribution in [3.05, 3.63) is 11.9 Å². The number of nitrogens with one attached hydrogen (secondary N) is 2. The van der Waals surface area contributed by atoms with Gasteiger partial charge in [-0.2, -0.15) is 0 Å². The van der Waals surface area contributed by atoms with Gasteiger partial charge < -0.3 is 15.7 Å². The van der Waals surface area contributed by atoms with Gasteiger partial charge in [-0.1, -0.05) is 26.7 Å². The van der Waals surface area contributed by atoms with Crippen molar-refractivity contribution in [3.8, 4) is 0 Å². The summed E-state index contributed by atoms with van der Waals surface area (Å²) in [6.45, 7) is 4.80. The second-order valence-electron chi connectivity index (χ2n) is 5.67. The van der Waals surface area contributed by atoms with Crippen LogP contribution in [0.4, 0.5) is 11.6 Å². The van der Waals surface area contributed by atoms with E-state index >= 15 is 0 Å². The molecule has 19 heavy (non-hydrogen) atoms. The summed E-state index contributed by atoms with van der Waals surface area (Å²) in [7, 11) is 1.86. The first-order valence-electron chi connectivity index (χ1n) is 7.04. The van der Waals surface area contributed by atoms with E-state index in [2.05, 4.69) is 34.4 Å². The molecule has 1 aromatic heterocycles. The molecule has 2 rings (SSSR count). The molecular weight excluding hydrogens is 240 g/mol. The summed E-state index contributed by atoms with van der Waals surface area (Å²) in [6.07, 6.45) is 5.53. The predicted octanol–water partition coefficient (Wildman–Crippen LogP) is 2.36. The van der Waals surface area contributed by atoms with Crippen LogP contribution in [-0.2, 0) is 0 Å². The summed E-state index contributed by atoms with van der Waals surface area (Å²) in [4.78, 5) is 8.58. The summed E-state index contributed by atoms with van der Waals surface area (Å²) < 4.78 is 0. The van der Waals surface area contributed by atoms with Gasteiger partial charge in [-0.05, 0) is 18.8 Å². The zero-order chi connectivity index (χ0) is 13.9. The van der Waals surface area contributed by atoms with E-state index in [1.165, 1.54) is 0 Å². The molecule has 1 heterocycles. The minimum atomic E-state index is -0.570. The summed E-state index contributed by atoms with van der Waals surface area (Å²) in [6, 6.07) is 0. The molecule has 5 heteroatoms. The van der Waals surface area contributed by atoms with Crippen LogP contribution < -0.4 is 10.6 Å². The molecule has 0 bridgehead atoms. The smallest absolute Gasteiger partial charge is 0.135 e. The van der Waals surface area contributed by atoms with Crippen molar-refractivity contribution in [3.63, 3.8) is 0 Å². The Kier molecular flexibility index (Phi) is 4.24. The fourth-order valence-electron chi connectivity index (χ4n) is 2.74. The van der Waals surface area contributed by atoms with Crippen LogP contribution >= 0.6 is 0 Å². The van der Waals surface area contributed by atoms with Gasteiger partial charge in [0.05, 0.1) is 5.60 Å². The van der Waals surface area contributed by atoms with E-state index in [-0.39, 0.29) is 0 Å². The molecule has 0 aromatic carbocycles. The lowest BCUT2D eigenvalue weighted by molar-refractivity contribution is 0.0613. The molecule has 0 unspecified atom stereocenters. The van der Waals surface area contributed by atoms with E-state index in [9.17, 15) is 5.11 Å². The Hall–Kier alpha value is -1.36. The van der Waals surface area contributed by atoms with Gasteiger partial charge in [0, 0.05) is 19.2 Å². The SMILES string of the molecule is CNc1ncnc(NCC2(O)CCCC2)c1C(C)C. The molecule has 1 fully saturated rings. The van der Waals surface area contributed by atoms with Crippen molar-refractivity contribution < 1.29 is 5.11 Å². The van der Waals surface area contributed by atoms with Crippen molar-refractivity contribution in [2.45, 2.75) is 51.0 Å². The third-order valence-electron chi connectivity index (χ3n) is 3.82. The standard InChI is InChI=1S/C14H24N4O/c1-10(2)11-12(15-3)17-9-18-13(11)16-8-14(19)6-4-5-7-14/h9-10,19H,4-8H2,1-3H3,(H2,15,16,17,18). The monoisotopic (exact) mass is 264 g/mol. The molecule has 0 spiro atoms. The first-order valence-corrected chi connectivity index (χ1v) is 7.04. The maximum atomic E-state index is 10.4. The zero-order valence-electron chi connectivity index (χ0n) is 12.0. The quantitative estimate of drug-likeness (QED) is 0.761. The van der Waals surface area contributed by atoms with E-state index in [0.29, 0.717) is 12.5 Å². The van der Waals surface area contributed by atoms with Crippen LogP contribution in [0.3, 0.4) is 0 Å². The van der Waals surface area contributed by atoms with Gasteiger partial charge >= 0.3 is 0 Å². The first-order chi connectivity index (χ1) is 9.06. The molecule has 0 atom stereocenters. The molecule has 1 aliphatic carbocycles. The number of hydrogen-bond donors (Lipinski definition) is 3. The number of rotatable bonds is 5. The van der Waals surface area contributed by atoms with E-state index < -0.39 is 5.60 Å². The van der Waals surface area contributed by atoms with Gasteiger partial charge in [-0.3, -0.25) is 0 Å². The normalized spacial score (nSPS) is 17.7. The van der Waals surface area contributed by atoms with Gasteiger partial charge in [-0.15, -0.1) is 0 Å². The van der Waals surface area contributed by atoms with Crippen molar-refractivity contribution in [1.82, 2.24) is 9.97 Å². The molecule has 1 aromatic rings. The van der Waals surface area contributed by atoms with E-state index in [1.807, 2.05) is 7.05 Å². The number of aliphatic hydroxyl groups is 1. The average Bonchev–Trinajstić information content (AvgIpc) is 2.83. The average molecular weight is 264 g/mol. The molecule has 3 N–H and O–H groups in total. The molecule has 0 radical (unpaired) electrons. The molecular formula is C14H24N4O. The second kappa shape index (κ2) is 5.74. The Labute approximate surface area is 114 Å². The fourth-order valence-corrected chi connectivity index (χ4v) is 2.74. The Morgan fingerprint density at radius 1 is 1.26 bits per heavy atom. The maximum absolute atomic E-state index is 10.4. The van der Waals surface area contributed by atoms with Crippen molar-refractivity contribution in [1.29, 1.82) is 0 Å². The molecule has 0 aliphatic heterocycles. The van der Waals surface area contributed by atoms with Crippen LogP contribution in [0.15, 0.2) is 6.33 Å². The number of nitrogens with zero attached hydrogens (tertiary/aromatic N) is 2. The molecule has 0 saturated heterocycles. The van der Waals surface area contributed by atoms with Crippen molar-refractivity contribution in [2.75, 3.05) is 24.2 Å². The lowest BCUT2D eigenvalue weighted by atomic mass is 10.0. The minimum Gasteiger partial charge on any atom is -0.388 e. The summed E-state index contributed by atoms with van der Waals surface area (Å²) >= 11 is 0. The van der Waals surface area contributed by atoms with Gasteiger partial charge in [0.25, 0.3) is 0 Å². The number of hydrogen-bond acceptors (Lipinski definition) is 5. The van der Waals surface area contributed by atoms with Gasteiger partial charge in [0.1, 0.15) is 18.0 Å². The van der Waals surface area contributed by atoms with E-state index in [4.69, 9.17) is 0 Å². The van der Waals surface area contributed by atoms with Crippen LogP contribution in [-0.4, -0.2) is 34.3 Å². The molecule has 106 valence electrons. The number of aromatic nitrogens is 2. The maximum Gasteiger partial charge on any atom is 0.135 e. The summed E-state index contributed by atoms with van der Waals surface area (Å²) in [5.74, 6) is 2.00. The topological polar surface area (TPSA) is 70.1 Å². The highest BCUT2D eigenvalue weighted by atomic mass is 16.3. The second-order valence-corrected chi connectivity index (χ2v) is 5.67. The Morgan fingerprint density at radius 2 is 1.89 bits per heavy atom. The minimum absolute atomic E-state index is 0.323. The molecule has 1 saturated carbocycles. The largest absolute Gasteiger partial charge is 0.388 e. The highest BCUT2D eigenvalue weighted by Crippen LogP contribution is 2.32. The van der Waals surface area contributed by atoms with Crippen LogP contribution in [0.1, 0.15) is 51.0 Å². The Morgan fingerprint density at radius 3 is 2.47 bits per heavy atom. The summed E-state index contributed by atoms with van der Waals surface area (Å²) in [5, 5.41) is 16.8. The van der Waals surface area contributed by atoms with Gasteiger partial charge in [-0.25, -0.2) is 9.97 Å². The Balaban J connectivity index is 2.15. The third-order valence-corrected chi connectivity index (χ3v) is 3.82. The molecule has 5 nitrogen and oxygen atoms in total. The van der Waals surface area contributed by atoms with E-state index in [1.54, 1.807) is 6.33 Å². The van der Waals surface area contributed by atoms with Crippen LogP contribution in [0.5, 0.6) is 0 Å². The molecule has 0 amide bonds. The zero-order valence-corrected chi connectivity index (χ0v) is 12.0. The lowest BCUT2D eigenvalue weighted by Crippen LogP contribution is -2.34. The van der Waals surface area contributed by atoms with Crippen molar-refractivity contribution >= 4 is 11.6 Å². The summed E-state index contributed by atoms with van der Waals surface area (Å²) in [5.41, 5.74) is 0.505. The van der Waals surface area contributed by atoms with Crippen molar-refractivity contribution in [2.24, 2.45) is 0 Å². The fraction of sp³-hybridized carbons (Fsp3) is 0.714. The van der Waals surface area contributed by atoms with Gasteiger partial charge in [0.15, 0.2) is 0 Å². The van der Waals surface area contributed by atoms with E-state index in [0.717, 1.165) is 42.9 Å². The predicted molar refractivity (Wildman–Crippen MR) is 77.6 cm³/mol. The Bertz CT molecular complexity index is 427. The first kappa shape index (κ1) is 14.1. The van der Waals surface area contributed by atoms with Crippen LogP contribution in [0.25, 0.3) is 0 Å². The van der Waals surface area contributed by atoms with Crippen LogP contribution in [0, 0.1) is 0 Å².